The Morgan fingerprint density at radius 3 is 2.42 bits per heavy atom. The average molecular weight is 158 g/mol. The number of benzene rings is 1. The van der Waals surface area contributed by atoms with Crippen LogP contribution in [0.3, 0.4) is 0 Å². The van der Waals surface area contributed by atoms with Gasteiger partial charge in [0.25, 0.3) is 0 Å². The van der Waals surface area contributed by atoms with Gasteiger partial charge < -0.3 is 0 Å². The summed E-state index contributed by atoms with van der Waals surface area (Å²) in [5.74, 6) is 0. The quantitative estimate of drug-likeness (QED) is 0.461. The molecule has 1 aromatic rings. The Morgan fingerprint density at radius 2 is 1.92 bits per heavy atom. The summed E-state index contributed by atoms with van der Waals surface area (Å²) in [7, 11) is 5.55. The Bertz CT molecular complexity index is 332. The van der Waals surface area contributed by atoms with E-state index in [-0.39, 0.29) is 0 Å². The minimum absolute atomic E-state index is 0.431. The van der Waals surface area contributed by atoms with Gasteiger partial charge in [0.15, 0.2) is 0 Å². The van der Waals surface area contributed by atoms with E-state index in [0.717, 1.165) is 5.56 Å². The normalized spacial score (nSPS) is 9.42. The zero-order chi connectivity index (χ0) is 9.14. The lowest BCUT2D eigenvalue weighted by Gasteiger charge is -2.03. The van der Waals surface area contributed by atoms with Crippen LogP contribution in [0.25, 0.3) is 0 Å². The van der Waals surface area contributed by atoms with E-state index in [1.54, 1.807) is 13.0 Å². The molecule has 0 atom stereocenters. The maximum atomic E-state index is 10.5. The molecule has 12 heavy (non-hydrogen) atoms. The third-order valence-corrected chi connectivity index (χ3v) is 1.77. The molecule has 2 nitrogen and oxygen atoms in total. The molecule has 0 heterocycles. The van der Waals surface area contributed by atoms with E-state index in [0.29, 0.717) is 29.2 Å². The molecule has 0 N–H and O–H groups in total. The van der Waals surface area contributed by atoms with E-state index < -0.39 is 0 Å². The molecule has 0 aromatic heterocycles. The minimum Gasteiger partial charge on any atom is -0.298 e. The van der Waals surface area contributed by atoms with Gasteiger partial charge in [-0.25, -0.2) is 0 Å². The van der Waals surface area contributed by atoms with Gasteiger partial charge in [0.05, 0.1) is 0 Å². The van der Waals surface area contributed by atoms with Gasteiger partial charge in [0, 0.05) is 11.1 Å². The number of rotatable bonds is 2. The van der Waals surface area contributed by atoms with Crippen molar-refractivity contribution in [1.29, 1.82) is 0 Å². The van der Waals surface area contributed by atoms with Crippen LogP contribution < -0.4 is 5.46 Å². The van der Waals surface area contributed by atoms with E-state index in [9.17, 15) is 9.59 Å². The van der Waals surface area contributed by atoms with Crippen molar-refractivity contribution in [3.8, 4) is 0 Å². The molecule has 1 aromatic carbocycles. The van der Waals surface area contributed by atoms with Crippen molar-refractivity contribution in [2.24, 2.45) is 0 Å². The van der Waals surface area contributed by atoms with Crippen LogP contribution in [0.4, 0.5) is 0 Å². The second-order valence-corrected chi connectivity index (χ2v) is 2.56. The Hall–Kier alpha value is -1.38. The van der Waals surface area contributed by atoms with Crippen molar-refractivity contribution in [3.63, 3.8) is 0 Å². The molecule has 0 aliphatic heterocycles. The highest BCUT2D eigenvalue weighted by Gasteiger charge is 2.01. The largest absolute Gasteiger partial charge is 0.298 e. The summed E-state index contributed by atoms with van der Waals surface area (Å²) >= 11 is 0. The fraction of sp³-hybridized carbons (Fsp3) is 0.111. The summed E-state index contributed by atoms with van der Waals surface area (Å²) in [4.78, 5) is 20.8. The molecule has 0 saturated carbocycles. The SMILES string of the molecule is [B]c1cc(C=O)cc(C=O)c1C. The molecular weight excluding hydrogens is 151 g/mol. The van der Waals surface area contributed by atoms with Crippen molar-refractivity contribution >= 4 is 25.9 Å². The lowest BCUT2D eigenvalue weighted by Crippen LogP contribution is -2.11. The van der Waals surface area contributed by atoms with E-state index in [1.165, 1.54) is 6.07 Å². The standard InChI is InChI=1S/C9H7BO2/c1-6-8(5-12)2-7(4-11)3-9(6)10/h2-5H,1H3. The first-order valence-corrected chi connectivity index (χ1v) is 3.49. The zero-order valence-electron chi connectivity index (χ0n) is 6.70. The fourth-order valence-corrected chi connectivity index (χ4v) is 0.974. The summed E-state index contributed by atoms with van der Waals surface area (Å²) in [5, 5.41) is 0. The first-order chi connectivity index (χ1) is 5.69. The predicted octanol–water partition coefficient (Wildman–Crippen LogP) is 0.414. The molecule has 3 heteroatoms. The van der Waals surface area contributed by atoms with Gasteiger partial charge in [-0.3, -0.25) is 9.59 Å². The van der Waals surface area contributed by atoms with Crippen molar-refractivity contribution in [1.82, 2.24) is 0 Å². The van der Waals surface area contributed by atoms with Gasteiger partial charge in [0.2, 0.25) is 0 Å². The van der Waals surface area contributed by atoms with Gasteiger partial charge in [-0.15, -0.1) is 0 Å². The summed E-state index contributed by atoms with van der Waals surface area (Å²) in [6.07, 6.45) is 1.36. The number of carbonyl (C=O) groups excluding carboxylic acids is 2. The molecule has 0 aliphatic rings. The second-order valence-electron chi connectivity index (χ2n) is 2.56. The monoisotopic (exact) mass is 158 g/mol. The summed E-state index contributed by atoms with van der Waals surface area (Å²) in [6.45, 7) is 1.74. The zero-order valence-corrected chi connectivity index (χ0v) is 6.70. The molecule has 0 fully saturated rings. The van der Waals surface area contributed by atoms with E-state index >= 15 is 0 Å². The Morgan fingerprint density at radius 1 is 1.25 bits per heavy atom. The maximum absolute atomic E-state index is 10.5. The van der Waals surface area contributed by atoms with Crippen molar-refractivity contribution in [3.05, 3.63) is 28.8 Å². The highest BCUT2D eigenvalue weighted by molar-refractivity contribution is 6.34. The Kier molecular flexibility index (Phi) is 2.43. The van der Waals surface area contributed by atoms with Gasteiger partial charge >= 0.3 is 0 Å². The van der Waals surface area contributed by atoms with Crippen LogP contribution in [0, 0.1) is 6.92 Å². The minimum atomic E-state index is 0.431. The topological polar surface area (TPSA) is 34.1 Å². The van der Waals surface area contributed by atoms with Crippen LogP contribution in [-0.4, -0.2) is 20.4 Å². The smallest absolute Gasteiger partial charge is 0.150 e. The fourth-order valence-electron chi connectivity index (χ4n) is 0.974. The molecule has 1 rings (SSSR count). The highest BCUT2D eigenvalue weighted by Crippen LogP contribution is 2.04. The number of aldehydes is 2. The van der Waals surface area contributed by atoms with E-state index in [4.69, 9.17) is 7.85 Å². The Labute approximate surface area is 72.0 Å². The first-order valence-electron chi connectivity index (χ1n) is 3.49. The predicted molar refractivity (Wildman–Crippen MR) is 47.3 cm³/mol. The van der Waals surface area contributed by atoms with Crippen molar-refractivity contribution in [2.75, 3.05) is 0 Å². The summed E-state index contributed by atoms with van der Waals surface area (Å²) in [6, 6.07) is 3.07. The van der Waals surface area contributed by atoms with E-state index in [1.807, 2.05) is 0 Å². The van der Waals surface area contributed by atoms with Crippen molar-refractivity contribution < 1.29 is 9.59 Å². The second kappa shape index (κ2) is 3.35. The molecule has 58 valence electrons. The molecule has 2 radical (unpaired) electrons. The first kappa shape index (κ1) is 8.72. The lowest BCUT2D eigenvalue weighted by atomic mass is 9.87. The average Bonchev–Trinajstić information content (AvgIpc) is 2.09. The lowest BCUT2D eigenvalue weighted by molar-refractivity contribution is 0.112. The molecule has 0 aliphatic carbocycles. The number of hydrogen-bond donors (Lipinski definition) is 0. The molecule has 0 bridgehead atoms. The van der Waals surface area contributed by atoms with Crippen LogP contribution in [-0.2, 0) is 0 Å². The van der Waals surface area contributed by atoms with Crippen LogP contribution in [0.2, 0.25) is 0 Å². The highest BCUT2D eigenvalue weighted by atomic mass is 16.1. The van der Waals surface area contributed by atoms with Crippen molar-refractivity contribution in [2.45, 2.75) is 6.92 Å². The molecule has 0 amide bonds. The van der Waals surface area contributed by atoms with Gasteiger partial charge in [-0.1, -0.05) is 11.5 Å². The Balaban J connectivity index is 3.37. The third-order valence-electron chi connectivity index (χ3n) is 1.77. The molecule has 0 unspecified atom stereocenters. The number of hydrogen-bond acceptors (Lipinski definition) is 2. The summed E-state index contributed by atoms with van der Waals surface area (Å²) < 4.78 is 0. The van der Waals surface area contributed by atoms with Gasteiger partial charge in [-0.2, -0.15) is 0 Å². The molecule has 0 spiro atoms. The van der Waals surface area contributed by atoms with Gasteiger partial charge in [-0.05, 0) is 18.6 Å². The van der Waals surface area contributed by atoms with Crippen LogP contribution in [0.1, 0.15) is 26.3 Å². The summed E-state index contributed by atoms with van der Waals surface area (Å²) in [5.41, 5.74) is 2.09. The van der Waals surface area contributed by atoms with E-state index in [2.05, 4.69) is 0 Å². The maximum Gasteiger partial charge on any atom is 0.150 e. The third kappa shape index (κ3) is 1.45. The van der Waals surface area contributed by atoms with Crippen LogP contribution >= 0.6 is 0 Å². The van der Waals surface area contributed by atoms with Gasteiger partial charge in [0.1, 0.15) is 20.4 Å². The molecule has 0 saturated heterocycles. The number of carbonyl (C=O) groups is 2. The molecular formula is C9H7BO2. The van der Waals surface area contributed by atoms with Crippen LogP contribution in [0.15, 0.2) is 12.1 Å². The van der Waals surface area contributed by atoms with Crippen LogP contribution in [0.5, 0.6) is 0 Å².